The number of allylic oxidation sites excluding steroid dienone is 1. The van der Waals surface area contributed by atoms with Crippen LogP contribution in [-0.4, -0.2) is 61.3 Å². The number of aliphatic carboxylic acids is 2. The Hall–Kier alpha value is -1.89. The average molecular weight is 371 g/mol. The van der Waals surface area contributed by atoms with Crippen molar-refractivity contribution in [1.82, 2.24) is 0 Å². The van der Waals surface area contributed by atoms with Crippen LogP contribution in [0.3, 0.4) is 0 Å². The van der Waals surface area contributed by atoms with Crippen LogP contribution >= 0.6 is 0 Å². The van der Waals surface area contributed by atoms with Gasteiger partial charge in [-0.3, -0.25) is 4.79 Å². The predicted molar refractivity (Wildman–Crippen MR) is 96.1 cm³/mol. The zero-order valence-electron chi connectivity index (χ0n) is 16.2. The summed E-state index contributed by atoms with van der Waals surface area (Å²) in [5.74, 6) is -2.51. The third-order valence-corrected chi connectivity index (χ3v) is 3.69. The Balaban J connectivity index is 3.92. The van der Waals surface area contributed by atoms with E-state index in [1.54, 1.807) is 6.08 Å². The molecule has 0 fully saturated rings. The fraction of sp³-hybridized carbons (Fsp3) is 0.737. The van der Waals surface area contributed by atoms with Crippen molar-refractivity contribution in [2.75, 3.05) is 27.7 Å². The van der Waals surface area contributed by atoms with Gasteiger partial charge in [0.1, 0.15) is 6.54 Å². The Morgan fingerprint density at radius 2 is 1.62 bits per heavy atom. The van der Waals surface area contributed by atoms with Crippen molar-refractivity contribution in [3.63, 3.8) is 0 Å². The maximum atomic E-state index is 11.8. The maximum absolute atomic E-state index is 11.8. The van der Waals surface area contributed by atoms with Gasteiger partial charge in [-0.2, -0.15) is 0 Å². The second-order valence-electron chi connectivity index (χ2n) is 7.56. The van der Waals surface area contributed by atoms with Crippen molar-refractivity contribution in [3.05, 3.63) is 12.2 Å². The summed E-state index contributed by atoms with van der Waals surface area (Å²) in [7, 11) is 5.69. The number of carbonyl (C=O) groups excluding carboxylic acids is 2. The van der Waals surface area contributed by atoms with Crippen LogP contribution in [-0.2, 0) is 19.1 Å². The van der Waals surface area contributed by atoms with Gasteiger partial charge in [-0.05, 0) is 19.3 Å². The molecule has 1 N–H and O–H groups in total. The third kappa shape index (κ3) is 17.0. The van der Waals surface area contributed by atoms with E-state index in [0.717, 1.165) is 44.9 Å². The molecule has 0 saturated carbocycles. The summed E-state index contributed by atoms with van der Waals surface area (Å²) in [5.41, 5.74) is 0. The molecule has 1 atom stereocenters. The Morgan fingerprint density at radius 1 is 1.04 bits per heavy atom. The highest BCUT2D eigenvalue weighted by Crippen LogP contribution is 2.09. The van der Waals surface area contributed by atoms with Gasteiger partial charge in [0.25, 0.3) is 0 Å². The Morgan fingerprint density at radius 3 is 2.15 bits per heavy atom. The third-order valence-electron chi connectivity index (χ3n) is 3.69. The van der Waals surface area contributed by atoms with E-state index < -0.39 is 24.0 Å². The van der Waals surface area contributed by atoms with Crippen LogP contribution in [0, 0.1) is 0 Å². The van der Waals surface area contributed by atoms with Gasteiger partial charge < -0.3 is 24.2 Å². The number of esters is 1. The van der Waals surface area contributed by atoms with E-state index in [2.05, 4.69) is 0 Å². The fourth-order valence-electron chi connectivity index (χ4n) is 2.57. The summed E-state index contributed by atoms with van der Waals surface area (Å²) < 4.78 is 5.71. The van der Waals surface area contributed by atoms with Crippen molar-refractivity contribution >= 4 is 17.9 Å². The molecule has 0 aromatic heterocycles. The van der Waals surface area contributed by atoms with E-state index in [-0.39, 0.29) is 12.8 Å². The number of rotatable bonds is 15. The summed E-state index contributed by atoms with van der Waals surface area (Å²) >= 11 is 0. The largest absolute Gasteiger partial charge is 0.550 e. The van der Waals surface area contributed by atoms with Crippen molar-refractivity contribution in [3.8, 4) is 0 Å². The molecule has 0 aromatic rings. The minimum absolute atomic E-state index is 0.234. The highest BCUT2D eigenvalue weighted by Gasteiger charge is 2.21. The summed E-state index contributed by atoms with van der Waals surface area (Å²) in [4.78, 5) is 33.0. The maximum Gasteiger partial charge on any atom is 0.330 e. The van der Waals surface area contributed by atoms with Gasteiger partial charge in [0.05, 0.1) is 21.1 Å². The van der Waals surface area contributed by atoms with Gasteiger partial charge in [-0.1, -0.05) is 31.8 Å². The Kier molecular flexibility index (Phi) is 12.4. The second-order valence-corrected chi connectivity index (χ2v) is 7.56. The van der Waals surface area contributed by atoms with Crippen LogP contribution in [0.2, 0.25) is 0 Å². The van der Waals surface area contributed by atoms with E-state index in [9.17, 15) is 19.5 Å². The normalized spacial score (nSPS) is 12.9. The minimum Gasteiger partial charge on any atom is -0.550 e. The summed E-state index contributed by atoms with van der Waals surface area (Å²) in [6.45, 7) is 0.398. The molecule has 0 rings (SSSR count). The van der Waals surface area contributed by atoms with Gasteiger partial charge in [-0.15, -0.1) is 0 Å². The molecule has 7 heteroatoms. The standard InChI is InChI=1S/C19H33NO6/c1-20(2,3)15-16(14-18(23)24)26-19(25)13-11-9-7-5-4-6-8-10-12-17(21)22/h11,13,16H,4-10,12,14-15H2,1-3H3,(H-,21,22,23,24)/b13-11+. The number of carboxylic acids is 2. The van der Waals surface area contributed by atoms with E-state index in [4.69, 9.17) is 9.84 Å². The number of ether oxygens (including phenoxy) is 1. The lowest BCUT2D eigenvalue weighted by molar-refractivity contribution is -0.873. The molecule has 0 aliphatic carbocycles. The zero-order valence-corrected chi connectivity index (χ0v) is 16.2. The first-order chi connectivity index (χ1) is 12.1. The smallest absolute Gasteiger partial charge is 0.330 e. The number of unbranched alkanes of at least 4 members (excludes halogenated alkanes) is 6. The SMILES string of the molecule is C[N+](C)(C)CC(CC(=O)[O-])OC(=O)/C=C/CCCCCCCCC(=O)O. The molecule has 0 bridgehead atoms. The average Bonchev–Trinajstić information content (AvgIpc) is 2.46. The molecule has 26 heavy (non-hydrogen) atoms. The Labute approximate surface area is 156 Å². The molecule has 7 nitrogen and oxygen atoms in total. The van der Waals surface area contributed by atoms with Crippen molar-refractivity contribution < 1.29 is 33.8 Å². The molecule has 0 spiro atoms. The van der Waals surface area contributed by atoms with Crippen molar-refractivity contribution in [2.24, 2.45) is 0 Å². The topological polar surface area (TPSA) is 104 Å². The molecule has 0 radical (unpaired) electrons. The van der Waals surface area contributed by atoms with E-state index in [1.165, 1.54) is 6.08 Å². The van der Waals surface area contributed by atoms with Crippen LogP contribution in [0.5, 0.6) is 0 Å². The van der Waals surface area contributed by atoms with Crippen LogP contribution in [0.1, 0.15) is 57.8 Å². The zero-order chi connectivity index (χ0) is 20.0. The lowest BCUT2D eigenvalue weighted by Gasteiger charge is -2.29. The van der Waals surface area contributed by atoms with E-state index >= 15 is 0 Å². The molecule has 0 aliphatic rings. The molecule has 0 amide bonds. The van der Waals surface area contributed by atoms with Crippen molar-refractivity contribution in [1.29, 1.82) is 0 Å². The first-order valence-electron chi connectivity index (χ1n) is 9.19. The molecule has 0 saturated heterocycles. The van der Waals surface area contributed by atoms with E-state index in [1.807, 2.05) is 21.1 Å². The van der Waals surface area contributed by atoms with Gasteiger partial charge in [0, 0.05) is 24.9 Å². The van der Waals surface area contributed by atoms with Gasteiger partial charge in [0.2, 0.25) is 0 Å². The molecule has 150 valence electrons. The minimum atomic E-state index is -1.23. The number of likely N-dealkylation sites (N-methyl/N-ethyl adjacent to an activating group) is 1. The molecule has 0 aromatic carbocycles. The number of hydrogen-bond donors (Lipinski definition) is 1. The van der Waals surface area contributed by atoms with Crippen LogP contribution < -0.4 is 5.11 Å². The fourth-order valence-corrected chi connectivity index (χ4v) is 2.57. The number of quaternary nitrogens is 1. The lowest BCUT2D eigenvalue weighted by Crippen LogP contribution is -2.45. The number of hydrogen-bond acceptors (Lipinski definition) is 5. The van der Waals surface area contributed by atoms with Gasteiger partial charge >= 0.3 is 11.9 Å². The molecular weight excluding hydrogens is 338 g/mol. The monoisotopic (exact) mass is 371 g/mol. The summed E-state index contributed by atoms with van der Waals surface area (Å²) in [6, 6.07) is 0. The molecular formula is C19H33NO6. The first-order valence-corrected chi connectivity index (χ1v) is 9.19. The molecule has 0 heterocycles. The first kappa shape index (κ1) is 24.1. The predicted octanol–water partition coefficient (Wildman–Crippen LogP) is 1.51. The number of carboxylic acid groups (broad SMARTS) is 2. The molecule has 0 aliphatic heterocycles. The highest BCUT2D eigenvalue weighted by atomic mass is 16.5. The van der Waals surface area contributed by atoms with Crippen LogP contribution in [0.4, 0.5) is 0 Å². The van der Waals surface area contributed by atoms with Crippen LogP contribution in [0.15, 0.2) is 12.2 Å². The lowest BCUT2D eigenvalue weighted by atomic mass is 10.1. The quantitative estimate of drug-likeness (QED) is 0.202. The summed E-state index contributed by atoms with van der Waals surface area (Å²) in [6.07, 6.45) is 8.78. The Bertz CT molecular complexity index is 467. The second kappa shape index (κ2) is 13.3. The summed E-state index contributed by atoms with van der Waals surface area (Å²) in [5, 5.41) is 19.3. The number of nitrogens with zero attached hydrogens (tertiary/aromatic N) is 1. The van der Waals surface area contributed by atoms with Crippen molar-refractivity contribution in [2.45, 2.75) is 63.9 Å². The van der Waals surface area contributed by atoms with E-state index in [0.29, 0.717) is 11.0 Å². The van der Waals surface area contributed by atoms with Gasteiger partial charge in [-0.25, -0.2) is 4.79 Å². The van der Waals surface area contributed by atoms with Gasteiger partial charge in [0.15, 0.2) is 6.10 Å². The van der Waals surface area contributed by atoms with Crippen LogP contribution in [0.25, 0.3) is 0 Å². The molecule has 1 unspecified atom stereocenters. The highest BCUT2D eigenvalue weighted by molar-refractivity contribution is 5.82. The number of carbonyl (C=O) groups is 3.